The number of sulfone groups is 1. The average Bonchev–Trinajstić information content (AvgIpc) is 3.34. The lowest BCUT2D eigenvalue weighted by molar-refractivity contribution is -0.141. The third-order valence-corrected chi connectivity index (χ3v) is 6.84. The van der Waals surface area contributed by atoms with Crippen molar-refractivity contribution >= 4 is 54.2 Å². The van der Waals surface area contributed by atoms with E-state index in [1.54, 1.807) is 12.1 Å². The summed E-state index contributed by atoms with van der Waals surface area (Å²) in [6.07, 6.45) is -3.59. The molecule has 4 rings (SSSR count). The molecule has 0 unspecified atom stereocenters. The lowest BCUT2D eigenvalue weighted by Gasteiger charge is -2.09. The number of nitrogens with zero attached hydrogens (tertiary/aromatic N) is 3. The Balaban J connectivity index is 1.52. The van der Waals surface area contributed by atoms with Crippen LogP contribution in [0.3, 0.4) is 0 Å². The molecule has 0 fully saturated rings. The van der Waals surface area contributed by atoms with E-state index in [9.17, 15) is 26.4 Å². The van der Waals surface area contributed by atoms with E-state index in [1.165, 1.54) is 30.3 Å². The molecule has 0 aliphatic rings. The second-order valence-corrected chi connectivity index (χ2v) is 10.6. The first-order chi connectivity index (χ1) is 15.9. The Morgan fingerprint density at radius 3 is 2.62 bits per heavy atom. The van der Waals surface area contributed by atoms with Crippen LogP contribution in [0.1, 0.15) is 11.4 Å². The number of urea groups is 1. The maximum atomic E-state index is 13.2. The molecule has 0 saturated carbocycles. The first kappa shape index (κ1) is 24.0. The minimum Gasteiger partial charge on any atom is -0.332 e. The van der Waals surface area contributed by atoms with Gasteiger partial charge >= 0.3 is 12.2 Å². The summed E-state index contributed by atoms with van der Waals surface area (Å²) in [7, 11) is -3.40. The molecule has 2 aromatic carbocycles. The fourth-order valence-electron chi connectivity index (χ4n) is 3.02. The van der Waals surface area contributed by atoms with Crippen molar-refractivity contribution in [2.24, 2.45) is 0 Å². The van der Waals surface area contributed by atoms with Crippen LogP contribution >= 0.6 is 22.9 Å². The number of carbonyl (C=O) groups excluding carboxylic acids is 1. The summed E-state index contributed by atoms with van der Waals surface area (Å²) in [5.74, 6) is 0. The standard InChI is InChI=1S/C20H15ClF3N5O3S2/c1-34(31,32)14-5-6-15-16(9-14)33-19(26-15)27-18(30)25-10-13-8-17(20(22,23)24)28-29(13)12-4-2-3-11(21)7-12/h2-9H,10H2,1H3,(H2,25,26,27,30). The zero-order valence-corrected chi connectivity index (χ0v) is 19.6. The van der Waals surface area contributed by atoms with Gasteiger partial charge in [-0.2, -0.15) is 18.3 Å². The maximum absolute atomic E-state index is 13.2. The minimum absolute atomic E-state index is 0.0758. The molecule has 178 valence electrons. The van der Waals surface area contributed by atoms with E-state index < -0.39 is 27.7 Å². The number of hydrogen-bond acceptors (Lipinski definition) is 6. The summed E-state index contributed by atoms with van der Waals surface area (Å²) in [6.45, 7) is -0.273. The van der Waals surface area contributed by atoms with Gasteiger partial charge in [0.15, 0.2) is 20.7 Å². The molecular weight excluding hydrogens is 515 g/mol. The zero-order valence-electron chi connectivity index (χ0n) is 17.2. The van der Waals surface area contributed by atoms with Gasteiger partial charge in [-0.1, -0.05) is 29.0 Å². The maximum Gasteiger partial charge on any atom is 0.435 e. The van der Waals surface area contributed by atoms with Crippen LogP contribution in [0.25, 0.3) is 15.9 Å². The van der Waals surface area contributed by atoms with Crippen LogP contribution in [0.4, 0.5) is 23.1 Å². The molecule has 2 aromatic heterocycles. The summed E-state index contributed by atoms with van der Waals surface area (Å²) < 4.78 is 64.7. The monoisotopic (exact) mass is 529 g/mol. The lowest BCUT2D eigenvalue weighted by Crippen LogP contribution is -2.29. The first-order valence-corrected chi connectivity index (χ1v) is 12.6. The number of anilines is 1. The minimum atomic E-state index is -4.67. The number of fused-ring (bicyclic) bond motifs is 1. The van der Waals surface area contributed by atoms with Crippen LogP contribution in [0, 0.1) is 0 Å². The van der Waals surface area contributed by atoms with Crippen LogP contribution in [0.15, 0.2) is 53.4 Å². The molecule has 0 saturated heterocycles. The average molecular weight is 530 g/mol. The molecule has 34 heavy (non-hydrogen) atoms. The largest absolute Gasteiger partial charge is 0.435 e. The number of rotatable bonds is 5. The predicted octanol–water partition coefficient (Wildman–Crippen LogP) is 4.88. The normalized spacial score (nSPS) is 12.1. The number of carbonyl (C=O) groups is 1. The van der Waals surface area contributed by atoms with E-state index in [0.29, 0.717) is 20.9 Å². The molecule has 2 heterocycles. The summed E-state index contributed by atoms with van der Waals surface area (Å²) in [5, 5.41) is 9.10. The summed E-state index contributed by atoms with van der Waals surface area (Å²) in [6, 6.07) is 10.6. The Hall–Kier alpha value is -3.16. The molecule has 0 aliphatic heterocycles. The van der Waals surface area contributed by atoms with E-state index in [4.69, 9.17) is 11.6 Å². The molecule has 0 atom stereocenters. The molecular formula is C20H15ClF3N5O3S2. The van der Waals surface area contributed by atoms with Crippen LogP contribution in [0.5, 0.6) is 0 Å². The molecule has 4 aromatic rings. The van der Waals surface area contributed by atoms with Crippen LogP contribution < -0.4 is 10.6 Å². The lowest BCUT2D eigenvalue weighted by atomic mass is 10.3. The van der Waals surface area contributed by atoms with Gasteiger partial charge in [-0.15, -0.1) is 0 Å². The van der Waals surface area contributed by atoms with Crippen molar-refractivity contribution in [2.45, 2.75) is 17.6 Å². The fourth-order valence-corrected chi connectivity index (χ4v) is 4.82. The smallest absolute Gasteiger partial charge is 0.332 e. The van der Waals surface area contributed by atoms with Gasteiger partial charge in [0.1, 0.15) is 0 Å². The number of amides is 2. The van der Waals surface area contributed by atoms with Crippen LogP contribution in [-0.4, -0.2) is 35.5 Å². The molecule has 0 radical (unpaired) electrons. The fraction of sp³-hybridized carbons (Fsp3) is 0.150. The number of hydrogen-bond donors (Lipinski definition) is 2. The second-order valence-electron chi connectivity index (χ2n) is 7.14. The van der Waals surface area contributed by atoms with Crippen LogP contribution in [-0.2, 0) is 22.6 Å². The van der Waals surface area contributed by atoms with E-state index in [2.05, 4.69) is 20.7 Å². The third-order valence-electron chi connectivity index (χ3n) is 4.56. The van der Waals surface area contributed by atoms with E-state index in [-0.39, 0.29) is 22.3 Å². The summed E-state index contributed by atoms with van der Waals surface area (Å²) in [5.41, 5.74) is -0.251. The highest BCUT2D eigenvalue weighted by atomic mass is 35.5. The van der Waals surface area contributed by atoms with Crippen molar-refractivity contribution in [3.8, 4) is 5.69 Å². The molecule has 14 heteroatoms. The molecule has 2 N–H and O–H groups in total. The Morgan fingerprint density at radius 1 is 1.18 bits per heavy atom. The van der Waals surface area contributed by atoms with Gasteiger partial charge in [-0.05, 0) is 42.5 Å². The van der Waals surface area contributed by atoms with Crippen molar-refractivity contribution in [3.63, 3.8) is 0 Å². The first-order valence-electron chi connectivity index (χ1n) is 9.48. The van der Waals surface area contributed by atoms with Crippen molar-refractivity contribution in [1.82, 2.24) is 20.1 Å². The highest BCUT2D eigenvalue weighted by molar-refractivity contribution is 7.90. The number of halogens is 4. The SMILES string of the molecule is CS(=O)(=O)c1ccc2nc(NC(=O)NCc3cc(C(F)(F)F)nn3-c3cccc(Cl)c3)sc2c1. The Bertz CT molecular complexity index is 1500. The summed E-state index contributed by atoms with van der Waals surface area (Å²) >= 11 is 7.01. The highest BCUT2D eigenvalue weighted by Crippen LogP contribution is 2.30. The molecule has 0 spiro atoms. The van der Waals surface area contributed by atoms with Crippen molar-refractivity contribution in [3.05, 3.63) is 64.9 Å². The van der Waals surface area contributed by atoms with Gasteiger partial charge in [0, 0.05) is 11.3 Å². The Kier molecular flexibility index (Phi) is 6.27. The topological polar surface area (TPSA) is 106 Å². The zero-order chi connectivity index (χ0) is 24.7. The van der Waals surface area contributed by atoms with Crippen molar-refractivity contribution in [2.75, 3.05) is 11.6 Å². The quantitative estimate of drug-likeness (QED) is 0.383. The highest BCUT2D eigenvalue weighted by Gasteiger charge is 2.35. The number of alkyl halides is 3. The molecule has 2 amide bonds. The van der Waals surface area contributed by atoms with Gasteiger partial charge in [-0.25, -0.2) is 22.9 Å². The summed E-state index contributed by atoms with van der Waals surface area (Å²) in [4.78, 5) is 16.7. The van der Waals surface area contributed by atoms with Gasteiger partial charge in [-0.3, -0.25) is 5.32 Å². The Labute approximate surface area is 200 Å². The van der Waals surface area contributed by atoms with Gasteiger partial charge < -0.3 is 5.32 Å². The van der Waals surface area contributed by atoms with Crippen molar-refractivity contribution in [1.29, 1.82) is 0 Å². The molecule has 8 nitrogen and oxygen atoms in total. The van der Waals surface area contributed by atoms with Gasteiger partial charge in [0.05, 0.1) is 33.0 Å². The van der Waals surface area contributed by atoms with E-state index >= 15 is 0 Å². The predicted molar refractivity (Wildman–Crippen MR) is 122 cm³/mol. The van der Waals surface area contributed by atoms with Crippen molar-refractivity contribution < 1.29 is 26.4 Å². The molecule has 0 aliphatic carbocycles. The Morgan fingerprint density at radius 2 is 1.94 bits per heavy atom. The van der Waals surface area contributed by atoms with E-state index in [1.807, 2.05) is 0 Å². The van der Waals surface area contributed by atoms with Gasteiger partial charge in [0.2, 0.25) is 0 Å². The molecule has 0 bridgehead atoms. The number of thiazole rings is 1. The van der Waals surface area contributed by atoms with Gasteiger partial charge in [0.25, 0.3) is 0 Å². The number of benzene rings is 2. The second kappa shape index (κ2) is 8.89. The third kappa shape index (κ3) is 5.32. The van der Waals surface area contributed by atoms with Crippen LogP contribution in [0.2, 0.25) is 5.02 Å². The van der Waals surface area contributed by atoms with E-state index in [0.717, 1.165) is 28.3 Å². The number of aromatic nitrogens is 3. The number of nitrogens with one attached hydrogen (secondary N) is 2.